The molecule has 2 aromatic carbocycles. The van der Waals surface area contributed by atoms with Crippen LogP contribution in [0.4, 0.5) is 0 Å². The molecule has 0 saturated carbocycles. The number of nitrogens with one attached hydrogen (secondary N) is 1. The van der Waals surface area contributed by atoms with Crippen molar-refractivity contribution in [3.05, 3.63) is 40.4 Å². The van der Waals surface area contributed by atoms with Crippen LogP contribution >= 0.6 is 11.6 Å². The number of benzene rings is 2. The molecule has 0 unspecified atom stereocenters. The van der Waals surface area contributed by atoms with Crippen LogP contribution < -0.4 is 29.0 Å². The molecule has 0 saturated heterocycles. The van der Waals surface area contributed by atoms with Crippen LogP contribution in [0, 0.1) is 0 Å². The second kappa shape index (κ2) is 15.6. The van der Waals surface area contributed by atoms with E-state index in [2.05, 4.69) is 12.2 Å². The molecule has 0 aliphatic carbocycles. The lowest BCUT2D eigenvalue weighted by Crippen LogP contribution is -2.14. The van der Waals surface area contributed by atoms with E-state index < -0.39 is 0 Å². The number of hydrogen-bond acceptors (Lipinski definition) is 6. The maximum Gasteiger partial charge on any atom is 0.203 e. The normalized spacial score (nSPS) is 10.8. The third kappa shape index (κ3) is 8.48. The first-order valence-electron chi connectivity index (χ1n) is 12.1. The van der Waals surface area contributed by atoms with Gasteiger partial charge in [0.1, 0.15) is 0 Å². The van der Waals surface area contributed by atoms with Gasteiger partial charge in [0.05, 0.1) is 35.0 Å². The van der Waals surface area contributed by atoms with Crippen LogP contribution in [0.2, 0.25) is 5.02 Å². The molecule has 34 heavy (non-hydrogen) atoms. The van der Waals surface area contributed by atoms with Crippen LogP contribution in [0.15, 0.2) is 24.3 Å². The third-order valence-electron chi connectivity index (χ3n) is 5.71. The van der Waals surface area contributed by atoms with Crippen molar-refractivity contribution < 1.29 is 23.7 Å². The first-order chi connectivity index (χ1) is 16.6. The van der Waals surface area contributed by atoms with Crippen molar-refractivity contribution in [1.29, 1.82) is 0 Å². The minimum absolute atomic E-state index is 0.570. The van der Waals surface area contributed by atoms with Gasteiger partial charge in [-0.3, -0.25) is 0 Å². The average molecular weight is 494 g/mol. The molecule has 6 nitrogen and oxygen atoms in total. The fourth-order valence-electron chi connectivity index (χ4n) is 3.79. The quantitative estimate of drug-likeness (QED) is 0.245. The van der Waals surface area contributed by atoms with Gasteiger partial charge in [-0.05, 0) is 35.7 Å². The highest BCUT2D eigenvalue weighted by atomic mass is 35.5. The van der Waals surface area contributed by atoms with E-state index in [0.29, 0.717) is 53.5 Å². The number of ether oxygens (including phenoxy) is 5. The molecule has 0 radical (unpaired) electrons. The van der Waals surface area contributed by atoms with Crippen LogP contribution in [-0.2, 0) is 13.1 Å². The third-order valence-corrected chi connectivity index (χ3v) is 6.06. The van der Waals surface area contributed by atoms with Crippen molar-refractivity contribution in [2.45, 2.75) is 65.0 Å². The van der Waals surface area contributed by atoms with Gasteiger partial charge in [-0.1, -0.05) is 57.0 Å². The number of halogens is 1. The predicted molar refractivity (Wildman–Crippen MR) is 138 cm³/mol. The molecule has 0 fully saturated rings. The molecule has 190 valence electrons. The largest absolute Gasteiger partial charge is 0.493 e. The highest BCUT2D eigenvalue weighted by Crippen LogP contribution is 2.39. The Morgan fingerprint density at radius 2 is 1.24 bits per heavy atom. The van der Waals surface area contributed by atoms with Crippen molar-refractivity contribution >= 4 is 11.6 Å². The maximum atomic E-state index is 6.41. The first kappa shape index (κ1) is 27.9. The second-order valence-corrected chi connectivity index (χ2v) is 8.61. The van der Waals surface area contributed by atoms with E-state index >= 15 is 0 Å². The Kier molecular flexibility index (Phi) is 12.8. The van der Waals surface area contributed by atoms with Gasteiger partial charge < -0.3 is 29.0 Å². The van der Waals surface area contributed by atoms with Crippen molar-refractivity contribution in [2.75, 3.05) is 35.0 Å². The first-order valence-corrected chi connectivity index (χ1v) is 12.4. The summed E-state index contributed by atoms with van der Waals surface area (Å²) >= 11 is 6.41. The molecule has 0 aliphatic heterocycles. The van der Waals surface area contributed by atoms with Crippen LogP contribution in [0.25, 0.3) is 0 Å². The van der Waals surface area contributed by atoms with Crippen molar-refractivity contribution in [1.82, 2.24) is 5.32 Å². The van der Waals surface area contributed by atoms with E-state index in [0.717, 1.165) is 17.5 Å². The van der Waals surface area contributed by atoms with Gasteiger partial charge in [-0.2, -0.15) is 0 Å². The van der Waals surface area contributed by atoms with E-state index in [1.807, 2.05) is 18.2 Å². The number of unbranched alkanes of at least 4 members (excludes halogenated alkanes) is 6. The monoisotopic (exact) mass is 493 g/mol. The highest BCUT2D eigenvalue weighted by Gasteiger charge is 2.15. The number of rotatable bonds is 17. The Balaban J connectivity index is 1.94. The van der Waals surface area contributed by atoms with Gasteiger partial charge in [-0.15, -0.1) is 0 Å². The highest BCUT2D eigenvalue weighted by molar-refractivity contribution is 6.31. The lowest BCUT2D eigenvalue weighted by atomic mass is 10.1. The Bertz CT molecular complexity index is 849. The Hall–Kier alpha value is -2.31. The minimum Gasteiger partial charge on any atom is -0.493 e. The lowest BCUT2D eigenvalue weighted by molar-refractivity contribution is 0.267. The van der Waals surface area contributed by atoms with Crippen LogP contribution in [0.5, 0.6) is 28.7 Å². The molecular weight excluding hydrogens is 454 g/mol. The van der Waals surface area contributed by atoms with Gasteiger partial charge in [0, 0.05) is 24.2 Å². The zero-order valence-corrected chi connectivity index (χ0v) is 22.1. The summed E-state index contributed by atoms with van der Waals surface area (Å²) in [5.74, 6) is 3.25. The van der Waals surface area contributed by atoms with E-state index in [-0.39, 0.29) is 0 Å². The van der Waals surface area contributed by atoms with Crippen LogP contribution in [0.1, 0.15) is 63.0 Å². The molecule has 1 N–H and O–H groups in total. The number of methoxy groups -OCH3 is 4. The smallest absolute Gasteiger partial charge is 0.203 e. The van der Waals surface area contributed by atoms with Gasteiger partial charge in [0.2, 0.25) is 5.75 Å². The summed E-state index contributed by atoms with van der Waals surface area (Å²) < 4.78 is 27.9. The SMILES string of the molecule is CCCCCCCCCOc1c(OC)cc(CNCc2cc(OC)c(OC)cc2Cl)cc1OC. The summed E-state index contributed by atoms with van der Waals surface area (Å²) in [6.45, 7) is 4.07. The molecule has 7 heteroatoms. The lowest BCUT2D eigenvalue weighted by Gasteiger charge is -2.17. The topological polar surface area (TPSA) is 58.2 Å². The molecule has 0 heterocycles. The van der Waals surface area contributed by atoms with E-state index in [9.17, 15) is 0 Å². The predicted octanol–water partition coefficient (Wildman–Crippen LogP) is 6.79. The van der Waals surface area contributed by atoms with Gasteiger partial charge in [-0.25, -0.2) is 0 Å². The summed E-state index contributed by atoms with van der Waals surface area (Å²) in [6, 6.07) is 7.61. The Morgan fingerprint density at radius 1 is 0.676 bits per heavy atom. The molecule has 2 rings (SSSR count). The molecule has 0 aromatic heterocycles. The van der Waals surface area contributed by atoms with Gasteiger partial charge in [0.25, 0.3) is 0 Å². The average Bonchev–Trinajstić information content (AvgIpc) is 2.86. The fraction of sp³-hybridized carbons (Fsp3) is 0.556. The maximum absolute atomic E-state index is 6.41. The molecule has 0 bridgehead atoms. The Morgan fingerprint density at radius 3 is 1.82 bits per heavy atom. The molecule has 0 spiro atoms. The fourth-order valence-corrected chi connectivity index (χ4v) is 4.01. The Labute approximate surface area is 209 Å². The van der Waals surface area contributed by atoms with Crippen LogP contribution in [-0.4, -0.2) is 35.0 Å². The van der Waals surface area contributed by atoms with Crippen molar-refractivity contribution in [3.8, 4) is 28.7 Å². The number of hydrogen-bond donors (Lipinski definition) is 1. The van der Waals surface area contributed by atoms with E-state index in [4.69, 9.17) is 35.3 Å². The van der Waals surface area contributed by atoms with E-state index in [1.54, 1.807) is 34.5 Å². The summed E-state index contributed by atoms with van der Waals surface area (Å²) in [5.41, 5.74) is 1.95. The second-order valence-electron chi connectivity index (χ2n) is 8.20. The zero-order chi connectivity index (χ0) is 24.8. The van der Waals surface area contributed by atoms with E-state index in [1.165, 1.54) is 38.5 Å². The van der Waals surface area contributed by atoms with Crippen molar-refractivity contribution in [2.24, 2.45) is 0 Å². The zero-order valence-electron chi connectivity index (χ0n) is 21.3. The summed E-state index contributed by atoms with van der Waals surface area (Å²) in [5, 5.41) is 4.04. The molecular formula is C27H40ClNO5. The summed E-state index contributed by atoms with van der Waals surface area (Å²) in [7, 11) is 6.50. The van der Waals surface area contributed by atoms with Gasteiger partial charge in [0.15, 0.2) is 23.0 Å². The van der Waals surface area contributed by atoms with Gasteiger partial charge >= 0.3 is 0 Å². The molecule has 0 atom stereocenters. The summed E-state index contributed by atoms with van der Waals surface area (Å²) in [4.78, 5) is 0. The molecule has 0 aliphatic rings. The minimum atomic E-state index is 0.570. The standard InChI is InChI=1S/C27H40ClNO5/c1-6-7-8-9-10-11-12-13-34-27-25(32-4)14-20(15-26(27)33-5)18-29-19-21-16-23(30-2)24(31-3)17-22(21)28/h14-17,29H,6-13,18-19H2,1-5H3. The molecule has 2 aromatic rings. The molecule has 0 amide bonds. The van der Waals surface area contributed by atoms with Crippen LogP contribution in [0.3, 0.4) is 0 Å². The van der Waals surface area contributed by atoms with Crippen molar-refractivity contribution in [3.63, 3.8) is 0 Å². The summed E-state index contributed by atoms with van der Waals surface area (Å²) in [6.07, 6.45) is 8.68.